The van der Waals surface area contributed by atoms with Crippen LogP contribution in [0.5, 0.6) is 0 Å². The van der Waals surface area contributed by atoms with E-state index in [0.717, 1.165) is 16.5 Å². The lowest BCUT2D eigenvalue weighted by atomic mass is 10.0. The minimum absolute atomic E-state index is 0.0365. The number of aromatic nitrogens is 1. The van der Waals surface area contributed by atoms with E-state index < -0.39 is 0 Å². The summed E-state index contributed by atoms with van der Waals surface area (Å²) in [5, 5.41) is 0.986. The van der Waals surface area contributed by atoms with Crippen LogP contribution >= 0.6 is 0 Å². The standard InChI is InChI=1S/C16H17NO3/c1-2-20-16(19)9-8-13(18)11-12-5-3-7-15-14(12)6-4-10-17-15/h3-7,10H,2,8-9,11H2,1H3. The molecule has 0 atom stereocenters. The number of esters is 1. The van der Waals surface area contributed by atoms with E-state index in [-0.39, 0.29) is 24.6 Å². The maximum atomic E-state index is 11.9. The van der Waals surface area contributed by atoms with Crippen LogP contribution in [-0.2, 0) is 20.7 Å². The molecule has 0 radical (unpaired) electrons. The van der Waals surface area contributed by atoms with Crippen molar-refractivity contribution in [2.45, 2.75) is 26.2 Å². The Kier molecular flexibility index (Phi) is 4.82. The molecule has 0 N–H and O–H groups in total. The molecule has 0 spiro atoms. The number of Topliss-reactive ketones (excluding diaryl/α,β-unsaturated/α-hetero) is 1. The highest BCUT2D eigenvalue weighted by Gasteiger charge is 2.10. The number of carbonyl (C=O) groups is 2. The van der Waals surface area contributed by atoms with Crippen molar-refractivity contribution in [2.24, 2.45) is 0 Å². The number of ether oxygens (including phenoxy) is 1. The molecule has 1 aromatic heterocycles. The first-order valence-corrected chi connectivity index (χ1v) is 6.70. The SMILES string of the molecule is CCOC(=O)CCC(=O)Cc1cccc2ncccc12. The zero-order valence-corrected chi connectivity index (χ0v) is 11.5. The summed E-state index contributed by atoms with van der Waals surface area (Å²) >= 11 is 0. The third-order valence-electron chi connectivity index (χ3n) is 3.04. The molecule has 4 heteroatoms. The van der Waals surface area contributed by atoms with E-state index in [2.05, 4.69) is 4.98 Å². The average Bonchev–Trinajstić information content (AvgIpc) is 2.46. The molecule has 0 saturated heterocycles. The van der Waals surface area contributed by atoms with Gasteiger partial charge in [0, 0.05) is 24.4 Å². The highest BCUT2D eigenvalue weighted by atomic mass is 16.5. The molecule has 2 aromatic rings. The van der Waals surface area contributed by atoms with E-state index in [0.29, 0.717) is 13.0 Å². The molecule has 0 aliphatic heterocycles. The van der Waals surface area contributed by atoms with Gasteiger partial charge in [0.15, 0.2) is 0 Å². The monoisotopic (exact) mass is 271 g/mol. The number of hydrogen-bond acceptors (Lipinski definition) is 4. The number of hydrogen-bond donors (Lipinski definition) is 0. The van der Waals surface area contributed by atoms with Crippen molar-refractivity contribution in [1.82, 2.24) is 4.98 Å². The average molecular weight is 271 g/mol. The second-order valence-electron chi connectivity index (χ2n) is 4.51. The molecule has 1 heterocycles. The zero-order valence-electron chi connectivity index (χ0n) is 11.5. The number of carbonyl (C=O) groups excluding carboxylic acids is 2. The van der Waals surface area contributed by atoms with Crippen LogP contribution in [0.25, 0.3) is 10.9 Å². The van der Waals surface area contributed by atoms with Gasteiger partial charge in [0.2, 0.25) is 0 Å². The Morgan fingerprint density at radius 2 is 2.00 bits per heavy atom. The van der Waals surface area contributed by atoms with Crippen molar-refractivity contribution in [2.75, 3.05) is 6.61 Å². The Labute approximate surface area is 117 Å². The molecule has 0 saturated carbocycles. The second-order valence-corrected chi connectivity index (χ2v) is 4.51. The van der Waals surface area contributed by atoms with Gasteiger partial charge in [-0.2, -0.15) is 0 Å². The van der Waals surface area contributed by atoms with Gasteiger partial charge < -0.3 is 4.74 Å². The van der Waals surface area contributed by atoms with Crippen LogP contribution in [0, 0.1) is 0 Å². The highest BCUT2D eigenvalue weighted by molar-refractivity contribution is 5.90. The number of fused-ring (bicyclic) bond motifs is 1. The predicted molar refractivity (Wildman–Crippen MR) is 76.3 cm³/mol. The van der Waals surface area contributed by atoms with Crippen molar-refractivity contribution >= 4 is 22.7 Å². The zero-order chi connectivity index (χ0) is 14.4. The predicted octanol–water partition coefficient (Wildman–Crippen LogP) is 2.69. The molecular weight excluding hydrogens is 254 g/mol. The smallest absolute Gasteiger partial charge is 0.306 e. The number of nitrogens with zero attached hydrogens (tertiary/aromatic N) is 1. The Bertz CT molecular complexity index is 617. The molecule has 104 valence electrons. The van der Waals surface area contributed by atoms with Crippen molar-refractivity contribution in [3.05, 3.63) is 42.1 Å². The van der Waals surface area contributed by atoms with E-state index in [4.69, 9.17) is 4.74 Å². The van der Waals surface area contributed by atoms with Crippen molar-refractivity contribution in [3.63, 3.8) is 0 Å². The van der Waals surface area contributed by atoms with Crippen LogP contribution in [0.4, 0.5) is 0 Å². The maximum absolute atomic E-state index is 11.9. The summed E-state index contributed by atoms with van der Waals surface area (Å²) in [6.45, 7) is 2.10. The minimum Gasteiger partial charge on any atom is -0.466 e. The first-order chi connectivity index (χ1) is 9.70. The number of benzene rings is 1. The molecule has 1 aromatic carbocycles. The van der Waals surface area contributed by atoms with Crippen LogP contribution in [0.15, 0.2) is 36.5 Å². The van der Waals surface area contributed by atoms with Gasteiger partial charge in [-0.25, -0.2) is 0 Å². The van der Waals surface area contributed by atoms with Gasteiger partial charge in [0.05, 0.1) is 18.5 Å². The lowest BCUT2D eigenvalue weighted by Crippen LogP contribution is -2.09. The third kappa shape index (κ3) is 3.63. The molecule has 0 aliphatic carbocycles. The molecule has 20 heavy (non-hydrogen) atoms. The Morgan fingerprint density at radius 3 is 2.80 bits per heavy atom. The highest BCUT2D eigenvalue weighted by Crippen LogP contribution is 2.17. The fourth-order valence-electron chi connectivity index (χ4n) is 2.10. The fourth-order valence-corrected chi connectivity index (χ4v) is 2.10. The van der Waals surface area contributed by atoms with Gasteiger partial charge in [-0.1, -0.05) is 18.2 Å². The largest absolute Gasteiger partial charge is 0.466 e. The van der Waals surface area contributed by atoms with Crippen LogP contribution in [-0.4, -0.2) is 23.3 Å². The van der Waals surface area contributed by atoms with Gasteiger partial charge >= 0.3 is 5.97 Å². The van der Waals surface area contributed by atoms with E-state index in [1.54, 1.807) is 13.1 Å². The Balaban J connectivity index is 2.01. The summed E-state index contributed by atoms with van der Waals surface area (Å²) in [5.74, 6) is -0.283. The summed E-state index contributed by atoms with van der Waals surface area (Å²) in [5.41, 5.74) is 1.83. The van der Waals surface area contributed by atoms with E-state index >= 15 is 0 Å². The topological polar surface area (TPSA) is 56.3 Å². The Hall–Kier alpha value is -2.23. The Morgan fingerprint density at radius 1 is 1.15 bits per heavy atom. The van der Waals surface area contributed by atoms with Crippen LogP contribution < -0.4 is 0 Å². The van der Waals surface area contributed by atoms with Crippen molar-refractivity contribution in [3.8, 4) is 0 Å². The first-order valence-electron chi connectivity index (χ1n) is 6.70. The quantitative estimate of drug-likeness (QED) is 0.758. The molecule has 0 aliphatic rings. The second kappa shape index (κ2) is 6.80. The third-order valence-corrected chi connectivity index (χ3v) is 3.04. The fraction of sp³-hybridized carbons (Fsp3) is 0.312. The molecule has 4 nitrogen and oxygen atoms in total. The van der Waals surface area contributed by atoms with Crippen molar-refractivity contribution < 1.29 is 14.3 Å². The van der Waals surface area contributed by atoms with E-state index in [1.165, 1.54) is 0 Å². The van der Waals surface area contributed by atoms with Crippen LogP contribution in [0.2, 0.25) is 0 Å². The lowest BCUT2D eigenvalue weighted by Gasteiger charge is -2.05. The number of pyridine rings is 1. The normalized spacial score (nSPS) is 10.4. The minimum atomic E-state index is -0.319. The summed E-state index contributed by atoms with van der Waals surface area (Å²) in [6.07, 6.45) is 2.42. The number of rotatable bonds is 6. The summed E-state index contributed by atoms with van der Waals surface area (Å²) in [4.78, 5) is 27.4. The van der Waals surface area contributed by atoms with Crippen molar-refractivity contribution in [1.29, 1.82) is 0 Å². The molecular formula is C16H17NO3. The number of ketones is 1. The first kappa shape index (κ1) is 14.2. The van der Waals surface area contributed by atoms with Crippen LogP contribution in [0.1, 0.15) is 25.3 Å². The summed E-state index contributed by atoms with van der Waals surface area (Å²) < 4.78 is 4.81. The van der Waals surface area contributed by atoms with E-state index in [1.807, 2.05) is 30.3 Å². The van der Waals surface area contributed by atoms with Gasteiger partial charge in [-0.3, -0.25) is 14.6 Å². The molecule has 0 bridgehead atoms. The van der Waals surface area contributed by atoms with E-state index in [9.17, 15) is 9.59 Å². The summed E-state index contributed by atoms with van der Waals surface area (Å²) in [6, 6.07) is 9.54. The van der Waals surface area contributed by atoms with Gasteiger partial charge in [-0.15, -0.1) is 0 Å². The summed E-state index contributed by atoms with van der Waals surface area (Å²) in [7, 11) is 0. The van der Waals surface area contributed by atoms with Gasteiger partial charge in [0.1, 0.15) is 5.78 Å². The lowest BCUT2D eigenvalue weighted by molar-refractivity contribution is -0.144. The molecule has 0 unspecified atom stereocenters. The molecule has 0 fully saturated rings. The molecule has 0 amide bonds. The van der Waals surface area contributed by atoms with Gasteiger partial charge in [-0.05, 0) is 24.6 Å². The maximum Gasteiger partial charge on any atom is 0.306 e. The van der Waals surface area contributed by atoms with Crippen LogP contribution in [0.3, 0.4) is 0 Å². The van der Waals surface area contributed by atoms with Gasteiger partial charge in [0.25, 0.3) is 0 Å². The molecule has 2 rings (SSSR count).